The predicted molar refractivity (Wildman–Crippen MR) is 230 cm³/mol. The molecule has 0 saturated carbocycles. The molecule has 0 heterocycles. The maximum atomic E-state index is 13.9. The molecule has 3 N–H and O–H groups in total. The van der Waals surface area contributed by atoms with E-state index in [0.717, 1.165) is 39.8 Å². The van der Waals surface area contributed by atoms with Crippen molar-refractivity contribution in [3.05, 3.63) is 131 Å². The summed E-state index contributed by atoms with van der Waals surface area (Å²) in [7, 11) is 0. The largest absolute Gasteiger partial charge is 0.464 e. The van der Waals surface area contributed by atoms with Crippen molar-refractivity contribution in [1.82, 2.24) is 16.0 Å². The van der Waals surface area contributed by atoms with Gasteiger partial charge in [-0.3, -0.25) is 29.2 Å². The first kappa shape index (κ1) is 44.5. The molecule has 1 aliphatic carbocycles. The van der Waals surface area contributed by atoms with E-state index in [4.69, 9.17) is 14.2 Å². The SMILES string of the molecule is CCCCNC(=O)[C@H](CCC(=O)OCCN=Cc1ccccc1)NC(=O)[C@H](CCC(=O)OCCN=Cc1ccccc1)NC(=O)OCC1c2ccccc2-c2ccccc21. The zero-order chi connectivity index (χ0) is 42.4. The minimum absolute atomic E-state index is 0.00186. The van der Waals surface area contributed by atoms with Crippen LogP contribution in [0.4, 0.5) is 4.79 Å². The van der Waals surface area contributed by atoms with Gasteiger partial charge in [-0.1, -0.05) is 123 Å². The number of carbonyl (C=O) groups is 5. The van der Waals surface area contributed by atoms with Crippen LogP contribution in [0.2, 0.25) is 0 Å². The smallest absolute Gasteiger partial charge is 0.407 e. The van der Waals surface area contributed by atoms with E-state index in [1.165, 1.54) is 0 Å². The lowest BCUT2D eigenvalue weighted by Crippen LogP contribution is -2.54. The molecule has 4 aromatic rings. The van der Waals surface area contributed by atoms with Gasteiger partial charge in [0, 0.05) is 37.7 Å². The Balaban J connectivity index is 1.20. The number of alkyl carbamates (subject to hydrolysis) is 1. The van der Waals surface area contributed by atoms with E-state index >= 15 is 0 Å². The summed E-state index contributed by atoms with van der Waals surface area (Å²) in [5.74, 6) is -2.60. The van der Waals surface area contributed by atoms with Crippen LogP contribution in [0.15, 0.2) is 119 Å². The number of rotatable bonds is 23. The highest BCUT2D eigenvalue weighted by atomic mass is 16.6. The number of nitrogens with one attached hydrogen (secondary N) is 3. The van der Waals surface area contributed by atoms with Gasteiger partial charge in [0.1, 0.15) is 31.9 Å². The van der Waals surface area contributed by atoms with Gasteiger partial charge in [0.25, 0.3) is 0 Å². The Bertz CT molecular complexity index is 2030. The van der Waals surface area contributed by atoms with Crippen molar-refractivity contribution in [2.24, 2.45) is 9.98 Å². The minimum Gasteiger partial charge on any atom is -0.464 e. The van der Waals surface area contributed by atoms with Gasteiger partial charge in [0.2, 0.25) is 11.8 Å². The number of amides is 3. The van der Waals surface area contributed by atoms with E-state index in [0.29, 0.717) is 13.0 Å². The van der Waals surface area contributed by atoms with Crippen molar-refractivity contribution in [2.75, 3.05) is 39.5 Å². The molecule has 314 valence electrons. The van der Waals surface area contributed by atoms with Crippen LogP contribution in [0.1, 0.15) is 73.6 Å². The van der Waals surface area contributed by atoms with Gasteiger partial charge >= 0.3 is 18.0 Å². The number of fused-ring (bicyclic) bond motifs is 3. The van der Waals surface area contributed by atoms with E-state index < -0.39 is 41.9 Å². The highest BCUT2D eigenvalue weighted by Gasteiger charge is 2.31. The second-order valence-electron chi connectivity index (χ2n) is 14.1. The van der Waals surface area contributed by atoms with Gasteiger partial charge in [0.15, 0.2) is 0 Å². The lowest BCUT2D eigenvalue weighted by atomic mass is 9.98. The highest BCUT2D eigenvalue weighted by molar-refractivity contribution is 5.92. The predicted octanol–water partition coefficient (Wildman–Crippen LogP) is 6.18. The van der Waals surface area contributed by atoms with Crippen molar-refractivity contribution in [2.45, 2.75) is 63.5 Å². The number of unbranched alkanes of at least 4 members (excludes halogenated alkanes) is 1. The van der Waals surface area contributed by atoms with E-state index in [1.807, 2.05) is 116 Å². The molecule has 5 rings (SSSR count). The van der Waals surface area contributed by atoms with Crippen LogP contribution >= 0.6 is 0 Å². The van der Waals surface area contributed by atoms with E-state index in [-0.39, 0.29) is 64.5 Å². The number of nitrogens with zero attached hydrogens (tertiary/aromatic N) is 2. The van der Waals surface area contributed by atoms with Crippen LogP contribution < -0.4 is 16.0 Å². The second kappa shape index (κ2) is 24.3. The lowest BCUT2D eigenvalue weighted by molar-refractivity contribution is -0.145. The molecule has 0 radical (unpaired) electrons. The van der Waals surface area contributed by atoms with Crippen LogP contribution in [0.3, 0.4) is 0 Å². The number of hydrogen-bond acceptors (Lipinski definition) is 10. The molecule has 0 spiro atoms. The Labute approximate surface area is 351 Å². The third kappa shape index (κ3) is 14.3. The molecule has 0 fully saturated rings. The van der Waals surface area contributed by atoms with E-state index in [1.54, 1.807) is 12.4 Å². The Morgan fingerprint density at radius 1 is 0.617 bits per heavy atom. The summed E-state index contributed by atoms with van der Waals surface area (Å²) in [5, 5.41) is 8.12. The molecule has 4 aromatic carbocycles. The Hall–Kier alpha value is -6.63. The summed E-state index contributed by atoms with van der Waals surface area (Å²) in [6, 6.07) is 32.4. The molecule has 13 heteroatoms. The molecule has 0 unspecified atom stereocenters. The zero-order valence-corrected chi connectivity index (χ0v) is 33.9. The van der Waals surface area contributed by atoms with Crippen LogP contribution in [0.25, 0.3) is 11.1 Å². The Kier molecular flexibility index (Phi) is 18.0. The molecule has 0 aromatic heterocycles. The van der Waals surface area contributed by atoms with Gasteiger partial charge in [-0.2, -0.15) is 0 Å². The average molecular weight is 816 g/mol. The minimum atomic E-state index is -1.29. The van der Waals surface area contributed by atoms with E-state index in [2.05, 4.69) is 25.9 Å². The van der Waals surface area contributed by atoms with Gasteiger partial charge < -0.3 is 30.2 Å². The molecule has 2 atom stereocenters. The third-order valence-corrected chi connectivity index (χ3v) is 9.74. The molecule has 60 heavy (non-hydrogen) atoms. The fourth-order valence-electron chi connectivity index (χ4n) is 6.62. The molecular formula is C47H53N5O8. The van der Waals surface area contributed by atoms with Gasteiger partial charge in [-0.25, -0.2) is 4.79 Å². The first-order valence-electron chi connectivity index (χ1n) is 20.4. The van der Waals surface area contributed by atoms with Crippen molar-refractivity contribution in [1.29, 1.82) is 0 Å². The Morgan fingerprint density at radius 3 is 1.62 bits per heavy atom. The maximum Gasteiger partial charge on any atom is 0.407 e. The van der Waals surface area contributed by atoms with Crippen molar-refractivity contribution in [3.8, 4) is 11.1 Å². The van der Waals surface area contributed by atoms with Crippen LogP contribution in [-0.2, 0) is 33.4 Å². The van der Waals surface area contributed by atoms with Crippen LogP contribution in [0.5, 0.6) is 0 Å². The Morgan fingerprint density at radius 2 is 1.10 bits per heavy atom. The molecule has 13 nitrogen and oxygen atoms in total. The summed E-state index contributed by atoms with van der Waals surface area (Å²) in [5.41, 5.74) is 6.00. The summed E-state index contributed by atoms with van der Waals surface area (Å²) < 4.78 is 16.4. The monoisotopic (exact) mass is 815 g/mol. The van der Waals surface area contributed by atoms with Gasteiger partial charge in [0.05, 0.1) is 13.1 Å². The first-order valence-corrected chi connectivity index (χ1v) is 20.4. The van der Waals surface area contributed by atoms with Crippen LogP contribution in [-0.4, -0.2) is 93.8 Å². The van der Waals surface area contributed by atoms with Crippen molar-refractivity contribution < 1.29 is 38.2 Å². The number of carbonyl (C=O) groups excluding carboxylic acids is 5. The summed E-state index contributed by atoms with van der Waals surface area (Å²) in [6.45, 7) is 2.91. The fraction of sp³-hybridized carbons (Fsp3) is 0.340. The highest BCUT2D eigenvalue weighted by Crippen LogP contribution is 2.44. The average Bonchev–Trinajstić information content (AvgIpc) is 3.59. The first-order chi connectivity index (χ1) is 29.3. The van der Waals surface area contributed by atoms with Gasteiger partial charge in [-0.05, 0) is 52.6 Å². The number of aliphatic imine (C=N–C) groups is 2. The zero-order valence-electron chi connectivity index (χ0n) is 33.9. The molecule has 0 bridgehead atoms. The third-order valence-electron chi connectivity index (χ3n) is 9.74. The topological polar surface area (TPSA) is 174 Å². The quantitative estimate of drug-likeness (QED) is 0.0345. The molecule has 3 amide bonds. The lowest BCUT2D eigenvalue weighted by Gasteiger charge is -2.23. The number of benzene rings is 4. The molecular weight excluding hydrogens is 763 g/mol. The van der Waals surface area contributed by atoms with E-state index in [9.17, 15) is 24.0 Å². The molecule has 0 saturated heterocycles. The van der Waals surface area contributed by atoms with Crippen LogP contribution in [0, 0.1) is 0 Å². The number of ether oxygens (including phenoxy) is 3. The summed E-state index contributed by atoms with van der Waals surface area (Å²) in [6.07, 6.45) is 3.42. The fourth-order valence-corrected chi connectivity index (χ4v) is 6.62. The number of esters is 2. The van der Waals surface area contributed by atoms with Gasteiger partial charge in [-0.15, -0.1) is 0 Å². The molecule has 0 aliphatic heterocycles. The normalized spacial score (nSPS) is 12.9. The summed E-state index contributed by atoms with van der Waals surface area (Å²) in [4.78, 5) is 74.7. The number of hydrogen-bond donors (Lipinski definition) is 3. The molecule has 1 aliphatic rings. The second-order valence-corrected chi connectivity index (χ2v) is 14.1. The standard InChI is InChI=1S/C47H53N5O8/c1-2-3-26-50-45(55)41(22-24-43(53)58-29-27-48-31-34-14-6-4-7-15-34)51-46(56)42(23-25-44(54)59-30-28-49-32-35-16-8-5-9-17-35)52-47(57)60-33-40-38-20-12-10-18-36(38)37-19-11-13-21-39(37)40/h4-21,31-32,40-42H,2-3,22-30,33H2,1H3,(H,50,55)(H,51,56)(H,52,57)/t41-,42-/m0/s1. The van der Waals surface area contributed by atoms with Crippen molar-refractivity contribution in [3.63, 3.8) is 0 Å². The summed E-state index contributed by atoms with van der Waals surface area (Å²) >= 11 is 0. The van der Waals surface area contributed by atoms with Crippen molar-refractivity contribution >= 4 is 42.3 Å². The maximum absolute atomic E-state index is 13.9.